The van der Waals surface area contributed by atoms with Crippen molar-refractivity contribution < 1.29 is 9.90 Å². The molecule has 1 aliphatic rings. The molecule has 0 aliphatic carbocycles. The Kier molecular flexibility index (Phi) is 3.17. The third-order valence-corrected chi connectivity index (χ3v) is 2.90. The van der Waals surface area contributed by atoms with Gasteiger partial charge in [0.15, 0.2) is 0 Å². The van der Waals surface area contributed by atoms with Crippen LogP contribution in [0.25, 0.3) is 0 Å². The number of hydrogen-bond acceptors (Lipinski definition) is 3. The Morgan fingerprint density at radius 3 is 2.43 bits per heavy atom. The van der Waals surface area contributed by atoms with Crippen molar-refractivity contribution in [1.82, 2.24) is 10.6 Å². The number of carboxylic acids is 1. The second-order valence-corrected chi connectivity index (χ2v) is 4.82. The maximum atomic E-state index is 10.7. The molecule has 1 heterocycles. The van der Waals surface area contributed by atoms with Gasteiger partial charge in [-0.15, -0.1) is 0 Å². The van der Waals surface area contributed by atoms with Crippen molar-refractivity contribution in [2.45, 2.75) is 44.7 Å². The van der Waals surface area contributed by atoms with E-state index in [0.29, 0.717) is 0 Å². The first-order valence-electron chi connectivity index (χ1n) is 5.11. The molecule has 0 radical (unpaired) electrons. The molecular weight excluding hydrogens is 180 g/mol. The summed E-state index contributed by atoms with van der Waals surface area (Å²) in [6.45, 7) is 7.82. The van der Waals surface area contributed by atoms with Crippen LogP contribution in [0.15, 0.2) is 0 Å². The maximum Gasteiger partial charge on any atom is 0.305 e. The molecule has 1 rings (SSSR count). The number of rotatable bonds is 5. The van der Waals surface area contributed by atoms with Crippen LogP contribution in [0.3, 0.4) is 0 Å². The average Bonchev–Trinajstić information content (AvgIpc) is 1.99. The van der Waals surface area contributed by atoms with E-state index in [1.165, 1.54) is 0 Å². The van der Waals surface area contributed by atoms with E-state index >= 15 is 0 Å². The van der Waals surface area contributed by atoms with Gasteiger partial charge in [0.2, 0.25) is 0 Å². The third-order valence-electron chi connectivity index (χ3n) is 2.90. The van der Waals surface area contributed by atoms with Gasteiger partial charge in [-0.3, -0.25) is 4.79 Å². The SMILES string of the molecule is CCC(C)(C)NC1(CC(=O)O)CNC1. The Morgan fingerprint density at radius 2 is 2.14 bits per heavy atom. The fraction of sp³-hybridized carbons (Fsp3) is 0.900. The Bertz CT molecular complexity index is 222. The van der Waals surface area contributed by atoms with Gasteiger partial charge in [-0.2, -0.15) is 0 Å². The van der Waals surface area contributed by atoms with Crippen molar-refractivity contribution in [3.63, 3.8) is 0 Å². The summed E-state index contributed by atoms with van der Waals surface area (Å²) in [5, 5.41) is 15.4. The van der Waals surface area contributed by atoms with Gasteiger partial charge < -0.3 is 15.7 Å². The average molecular weight is 200 g/mol. The van der Waals surface area contributed by atoms with Crippen LogP contribution in [0.2, 0.25) is 0 Å². The minimum absolute atomic E-state index is 0.0115. The van der Waals surface area contributed by atoms with E-state index in [1.807, 2.05) is 0 Å². The zero-order valence-corrected chi connectivity index (χ0v) is 9.18. The van der Waals surface area contributed by atoms with Gasteiger partial charge in [0.1, 0.15) is 0 Å². The van der Waals surface area contributed by atoms with Crippen LogP contribution in [0.4, 0.5) is 0 Å². The van der Waals surface area contributed by atoms with Gasteiger partial charge in [0.05, 0.1) is 12.0 Å². The molecule has 82 valence electrons. The Balaban J connectivity index is 2.57. The molecular formula is C10H20N2O2. The molecule has 0 aromatic heterocycles. The highest BCUT2D eigenvalue weighted by molar-refractivity contribution is 5.68. The fourth-order valence-corrected chi connectivity index (χ4v) is 1.78. The Morgan fingerprint density at radius 1 is 1.57 bits per heavy atom. The number of carboxylic acid groups (broad SMARTS) is 1. The molecule has 0 amide bonds. The first kappa shape index (κ1) is 11.5. The molecule has 3 N–H and O–H groups in total. The Hall–Kier alpha value is -0.610. The predicted molar refractivity (Wildman–Crippen MR) is 55.4 cm³/mol. The highest BCUT2D eigenvalue weighted by atomic mass is 16.4. The summed E-state index contributed by atoms with van der Waals surface area (Å²) in [4.78, 5) is 10.7. The van der Waals surface area contributed by atoms with Crippen molar-refractivity contribution in [1.29, 1.82) is 0 Å². The number of hydrogen-bond donors (Lipinski definition) is 3. The van der Waals surface area contributed by atoms with Gasteiger partial charge in [-0.1, -0.05) is 6.92 Å². The molecule has 0 bridgehead atoms. The van der Waals surface area contributed by atoms with E-state index in [1.54, 1.807) is 0 Å². The van der Waals surface area contributed by atoms with Crippen LogP contribution in [0, 0.1) is 0 Å². The zero-order chi connectivity index (χ0) is 10.8. The van der Waals surface area contributed by atoms with E-state index in [4.69, 9.17) is 5.11 Å². The number of aliphatic carboxylic acids is 1. The van der Waals surface area contributed by atoms with Crippen LogP contribution in [-0.2, 0) is 4.79 Å². The summed E-state index contributed by atoms with van der Waals surface area (Å²) in [5.41, 5.74) is -0.219. The summed E-state index contributed by atoms with van der Waals surface area (Å²) >= 11 is 0. The molecule has 0 atom stereocenters. The van der Waals surface area contributed by atoms with E-state index in [-0.39, 0.29) is 17.5 Å². The molecule has 0 spiro atoms. The quantitative estimate of drug-likeness (QED) is 0.607. The molecule has 0 unspecified atom stereocenters. The molecule has 1 fully saturated rings. The summed E-state index contributed by atoms with van der Waals surface area (Å²) in [7, 11) is 0. The third kappa shape index (κ3) is 2.69. The van der Waals surface area contributed by atoms with Crippen molar-refractivity contribution in [2.24, 2.45) is 0 Å². The molecule has 0 saturated carbocycles. The van der Waals surface area contributed by atoms with E-state index < -0.39 is 5.97 Å². The lowest BCUT2D eigenvalue weighted by Crippen LogP contribution is -2.72. The van der Waals surface area contributed by atoms with E-state index in [2.05, 4.69) is 31.4 Å². The van der Waals surface area contributed by atoms with Crippen molar-refractivity contribution in [2.75, 3.05) is 13.1 Å². The second-order valence-electron chi connectivity index (χ2n) is 4.82. The maximum absolute atomic E-state index is 10.7. The van der Waals surface area contributed by atoms with Crippen molar-refractivity contribution in [3.8, 4) is 0 Å². The highest BCUT2D eigenvalue weighted by Crippen LogP contribution is 2.21. The van der Waals surface area contributed by atoms with Crippen molar-refractivity contribution >= 4 is 5.97 Å². The molecule has 0 aromatic rings. The van der Waals surface area contributed by atoms with Gasteiger partial charge in [-0.05, 0) is 20.3 Å². The molecule has 0 aromatic carbocycles. The van der Waals surface area contributed by atoms with E-state index in [0.717, 1.165) is 19.5 Å². The summed E-state index contributed by atoms with van der Waals surface area (Å²) in [6, 6.07) is 0. The second kappa shape index (κ2) is 3.87. The number of nitrogens with one attached hydrogen (secondary N) is 2. The van der Waals surface area contributed by atoms with Gasteiger partial charge in [-0.25, -0.2) is 0 Å². The van der Waals surface area contributed by atoms with Gasteiger partial charge in [0, 0.05) is 18.6 Å². The smallest absolute Gasteiger partial charge is 0.305 e. The summed E-state index contributed by atoms with van der Waals surface area (Å²) in [5.74, 6) is -0.731. The minimum atomic E-state index is -0.731. The minimum Gasteiger partial charge on any atom is -0.481 e. The van der Waals surface area contributed by atoms with Gasteiger partial charge >= 0.3 is 5.97 Å². The standard InChI is InChI=1S/C10H20N2O2/c1-4-9(2,3)12-10(5-8(13)14)6-11-7-10/h11-12H,4-7H2,1-3H3,(H,13,14). The normalized spacial score (nSPS) is 20.2. The van der Waals surface area contributed by atoms with Gasteiger partial charge in [0.25, 0.3) is 0 Å². The van der Waals surface area contributed by atoms with E-state index in [9.17, 15) is 4.79 Å². The molecule has 1 saturated heterocycles. The molecule has 4 heteroatoms. The first-order chi connectivity index (χ1) is 6.39. The molecule has 14 heavy (non-hydrogen) atoms. The fourth-order valence-electron chi connectivity index (χ4n) is 1.78. The van der Waals surface area contributed by atoms with Crippen LogP contribution in [0.5, 0.6) is 0 Å². The Labute approximate surface area is 85.1 Å². The first-order valence-corrected chi connectivity index (χ1v) is 5.11. The molecule has 4 nitrogen and oxygen atoms in total. The largest absolute Gasteiger partial charge is 0.481 e. The predicted octanol–water partition coefficient (Wildman–Crippen LogP) is 0.581. The lowest BCUT2D eigenvalue weighted by Gasteiger charge is -2.47. The zero-order valence-electron chi connectivity index (χ0n) is 9.18. The monoisotopic (exact) mass is 200 g/mol. The lowest BCUT2D eigenvalue weighted by atomic mass is 9.84. The molecule has 1 aliphatic heterocycles. The van der Waals surface area contributed by atoms with Crippen LogP contribution in [-0.4, -0.2) is 35.2 Å². The number of carbonyl (C=O) groups is 1. The van der Waals surface area contributed by atoms with Crippen LogP contribution < -0.4 is 10.6 Å². The van der Waals surface area contributed by atoms with Crippen LogP contribution >= 0.6 is 0 Å². The topological polar surface area (TPSA) is 61.4 Å². The summed E-state index contributed by atoms with van der Waals surface area (Å²) < 4.78 is 0. The summed E-state index contributed by atoms with van der Waals surface area (Å²) in [6.07, 6.45) is 1.19. The highest BCUT2D eigenvalue weighted by Gasteiger charge is 2.41. The lowest BCUT2D eigenvalue weighted by molar-refractivity contribution is -0.139. The van der Waals surface area contributed by atoms with Crippen LogP contribution in [0.1, 0.15) is 33.6 Å². The van der Waals surface area contributed by atoms with Crippen molar-refractivity contribution in [3.05, 3.63) is 0 Å².